The molecule has 0 saturated heterocycles. The average Bonchev–Trinajstić information content (AvgIpc) is 3.62. The van der Waals surface area contributed by atoms with Gasteiger partial charge >= 0.3 is 0 Å². The number of hydrogen-bond acceptors (Lipinski definition) is 3. The quantitative estimate of drug-likeness (QED) is 0.175. The van der Waals surface area contributed by atoms with Crippen LogP contribution in [-0.4, -0.2) is 19.6 Å². The summed E-state index contributed by atoms with van der Waals surface area (Å²) in [7, 11) is 0. The van der Waals surface area contributed by atoms with Crippen molar-refractivity contribution in [1.29, 1.82) is 0 Å². The molecule has 8 rings (SSSR count). The Morgan fingerprint density at radius 2 is 1.13 bits per heavy atom. The summed E-state index contributed by atoms with van der Waals surface area (Å²) in [6.45, 7) is 22.2. The number of nitrogens with zero attached hydrogens (tertiary/aromatic N) is 3. The van der Waals surface area contributed by atoms with Crippen LogP contribution < -0.4 is 0 Å². The molecule has 8 aromatic rings. The van der Waals surface area contributed by atoms with Crippen molar-refractivity contribution in [2.75, 3.05) is 0 Å². The van der Waals surface area contributed by atoms with Gasteiger partial charge in [-0.2, -0.15) is 0 Å². The fourth-order valence-electron chi connectivity index (χ4n) is 8.19. The molecule has 0 saturated carbocycles. The first-order chi connectivity index (χ1) is 28.5. The van der Waals surface area contributed by atoms with Crippen LogP contribution >= 0.6 is 0 Å². The molecule has 0 aliphatic carbocycles. The third-order valence-electron chi connectivity index (χ3n) is 11.9. The van der Waals surface area contributed by atoms with Gasteiger partial charge < -0.3 is 5.11 Å². The number of hydrogen-bond donors (Lipinski definition) is 1. The molecule has 2 aromatic heterocycles. The van der Waals surface area contributed by atoms with Gasteiger partial charge in [-0.3, -0.25) is 9.55 Å². The van der Waals surface area contributed by atoms with E-state index in [2.05, 4.69) is 213 Å². The Kier molecular flexibility index (Phi) is 10.4. The number of fused-ring (bicyclic) bond motifs is 1. The highest BCUT2D eigenvalue weighted by Crippen LogP contribution is 2.45. The topological polar surface area (TPSA) is 50.9 Å². The number of phenolic OH excluding ortho intramolecular Hbond substituents is 1. The molecule has 60 heavy (non-hydrogen) atoms. The van der Waals surface area contributed by atoms with Gasteiger partial charge in [0, 0.05) is 34.5 Å². The van der Waals surface area contributed by atoms with Crippen LogP contribution in [0.1, 0.15) is 103 Å². The lowest BCUT2D eigenvalue weighted by molar-refractivity contribution is 0.446. The number of aromatic hydroxyl groups is 1. The highest BCUT2D eigenvalue weighted by molar-refractivity contribution is 5.97. The number of para-hydroxylation sites is 1. The van der Waals surface area contributed by atoms with E-state index in [1.165, 1.54) is 16.7 Å². The van der Waals surface area contributed by atoms with Gasteiger partial charge in [0.1, 0.15) is 11.6 Å². The maximum atomic E-state index is 12.3. The summed E-state index contributed by atoms with van der Waals surface area (Å²) in [4.78, 5) is 10.5. The summed E-state index contributed by atoms with van der Waals surface area (Å²) in [5.74, 6) is 1.21. The van der Waals surface area contributed by atoms with Crippen molar-refractivity contribution in [3.8, 4) is 56.3 Å². The minimum atomic E-state index is -0.299. The van der Waals surface area contributed by atoms with Crippen LogP contribution in [0.5, 0.6) is 5.75 Å². The van der Waals surface area contributed by atoms with E-state index in [1.807, 2.05) is 12.3 Å². The molecule has 0 spiro atoms. The maximum absolute atomic E-state index is 12.3. The molecule has 1 N–H and O–H groups in total. The molecular weight excluding hydrogens is 731 g/mol. The van der Waals surface area contributed by atoms with Gasteiger partial charge in [0.05, 0.1) is 22.3 Å². The van der Waals surface area contributed by atoms with Crippen molar-refractivity contribution in [2.45, 2.75) is 91.4 Å². The molecule has 0 amide bonds. The van der Waals surface area contributed by atoms with Crippen LogP contribution in [-0.2, 0) is 16.2 Å². The van der Waals surface area contributed by atoms with Gasteiger partial charge in [0.25, 0.3) is 0 Å². The van der Waals surface area contributed by atoms with Gasteiger partial charge in [0.15, 0.2) is 0 Å². The fourth-order valence-corrected chi connectivity index (χ4v) is 8.19. The Balaban J connectivity index is 1.38. The van der Waals surface area contributed by atoms with E-state index in [0.717, 1.165) is 66.9 Å². The standard InChI is InChI=1S/C56H57N3O/c1-36(37-18-13-11-14-19-37)38-24-26-45(27-25-38)59-50-23-17-22-46(51(50)58-53(59)47-34-44(55(5,6)7)35-48(52(47)60)56(8,9)10)41-30-42(32-43(31-41)54(2,3)4)49-33-40(28-29-57-49)39-20-15-12-16-21-39/h11-36,60H,1-10H3. The van der Waals surface area contributed by atoms with E-state index in [9.17, 15) is 5.11 Å². The normalized spacial score (nSPS) is 12.8. The predicted molar refractivity (Wildman–Crippen MR) is 252 cm³/mol. The molecule has 0 aliphatic rings. The summed E-state index contributed by atoms with van der Waals surface area (Å²) in [6, 6.07) is 51.9. The van der Waals surface area contributed by atoms with Crippen molar-refractivity contribution in [1.82, 2.24) is 14.5 Å². The van der Waals surface area contributed by atoms with Gasteiger partial charge in [-0.15, -0.1) is 0 Å². The number of imidazole rings is 1. The van der Waals surface area contributed by atoms with Crippen molar-refractivity contribution in [3.05, 3.63) is 180 Å². The molecule has 0 bridgehead atoms. The number of benzene rings is 6. The van der Waals surface area contributed by atoms with Crippen LogP contribution in [0.3, 0.4) is 0 Å². The first-order valence-corrected chi connectivity index (χ1v) is 21.2. The summed E-state index contributed by atoms with van der Waals surface area (Å²) in [5, 5.41) is 12.3. The molecule has 2 heterocycles. The van der Waals surface area contributed by atoms with Crippen molar-refractivity contribution in [2.24, 2.45) is 0 Å². The van der Waals surface area contributed by atoms with E-state index in [-0.39, 0.29) is 27.9 Å². The van der Waals surface area contributed by atoms with Crippen molar-refractivity contribution in [3.63, 3.8) is 0 Å². The first-order valence-electron chi connectivity index (χ1n) is 21.2. The molecular formula is C56H57N3O. The first kappa shape index (κ1) is 40.5. The van der Waals surface area contributed by atoms with E-state index in [0.29, 0.717) is 5.82 Å². The zero-order valence-electron chi connectivity index (χ0n) is 36.8. The maximum Gasteiger partial charge on any atom is 0.149 e. The third-order valence-corrected chi connectivity index (χ3v) is 11.9. The Bertz CT molecular complexity index is 2810. The molecule has 0 fully saturated rings. The van der Waals surface area contributed by atoms with Gasteiger partial charge in [0.2, 0.25) is 0 Å². The second-order valence-electron chi connectivity index (χ2n) is 19.4. The monoisotopic (exact) mass is 787 g/mol. The summed E-state index contributed by atoms with van der Waals surface area (Å²) in [5.41, 5.74) is 15.1. The minimum absolute atomic E-state index is 0.124. The number of aromatic nitrogens is 3. The van der Waals surface area contributed by atoms with Crippen LogP contribution in [0.4, 0.5) is 0 Å². The van der Waals surface area contributed by atoms with E-state index in [4.69, 9.17) is 9.97 Å². The fraction of sp³-hybridized carbons (Fsp3) is 0.250. The molecule has 1 atom stereocenters. The second-order valence-corrected chi connectivity index (χ2v) is 19.4. The number of pyridine rings is 1. The largest absolute Gasteiger partial charge is 0.507 e. The summed E-state index contributed by atoms with van der Waals surface area (Å²) in [6.07, 6.45) is 1.91. The third kappa shape index (κ3) is 7.91. The van der Waals surface area contributed by atoms with Crippen molar-refractivity contribution >= 4 is 11.0 Å². The average molecular weight is 788 g/mol. The number of rotatable bonds is 7. The Morgan fingerprint density at radius 3 is 1.78 bits per heavy atom. The molecule has 302 valence electrons. The molecule has 0 aliphatic heterocycles. The highest BCUT2D eigenvalue weighted by atomic mass is 16.3. The smallest absolute Gasteiger partial charge is 0.149 e. The SMILES string of the molecule is CC(c1ccccc1)c1ccc(-n2c(-c3cc(C(C)(C)C)cc(C(C)(C)C)c3O)nc3c(-c4cc(-c5cc(-c6ccccc6)ccn5)cc(C(C)(C)C)c4)cccc32)cc1. The zero-order valence-corrected chi connectivity index (χ0v) is 36.8. The lowest BCUT2D eigenvalue weighted by Gasteiger charge is -2.27. The molecule has 4 nitrogen and oxygen atoms in total. The minimum Gasteiger partial charge on any atom is -0.507 e. The molecule has 0 radical (unpaired) electrons. The molecule has 4 heteroatoms. The lowest BCUT2D eigenvalue weighted by atomic mass is 9.79. The van der Waals surface area contributed by atoms with Crippen LogP contribution in [0.25, 0.3) is 61.6 Å². The zero-order chi connectivity index (χ0) is 42.6. The Labute approximate surface area is 356 Å². The second kappa shape index (κ2) is 15.4. The van der Waals surface area contributed by atoms with E-state index in [1.54, 1.807) is 0 Å². The van der Waals surface area contributed by atoms with Gasteiger partial charge in [-0.25, -0.2) is 4.98 Å². The highest BCUT2D eigenvalue weighted by Gasteiger charge is 2.29. The van der Waals surface area contributed by atoms with E-state index < -0.39 is 0 Å². The predicted octanol–water partition coefficient (Wildman–Crippen LogP) is 14.8. The molecule has 6 aromatic carbocycles. The lowest BCUT2D eigenvalue weighted by Crippen LogP contribution is -2.17. The van der Waals surface area contributed by atoms with Crippen LogP contribution in [0.2, 0.25) is 0 Å². The van der Waals surface area contributed by atoms with Gasteiger partial charge in [-0.1, -0.05) is 166 Å². The van der Waals surface area contributed by atoms with Crippen LogP contribution in [0, 0.1) is 0 Å². The number of phenols is 1. The molecule has 1 unspecified atom stereocenters. The van der Waals surface area contributed by atoms with Crippen LogP contribution in [0.15, 0.2) is 152 Å². The van der Waals surface area contributed by atoms with E-state index >= 15 is 0 Å². The Hall–Kier alpha value is -6.26. The van der Waals surface area contributed by atoms with Gasteiger partial charge in [-0.05, 0) is 104 Å². The summed E-state index contributed by atoms with van der Waals surface area (Å²) >= 11 is 0. The summed E-state index contributed by atoms with van der Waals surface area (Å²) < 4.78 is 2.24. The Morgan fingerprint density at radius 1 is 0.517 bits per heavy atom. The van der Waals surface area contributed by atoms with Crippen molar-refractivity contribution < 1.29 is 5.11 Å².